The Kier molecular flexibility index (Phi) is 8.43. The van der Waals surface area contributed by atoms with Crippen molar-refractivity contribution in [3.05, 3.63) is 70.4 Å². The van der Waals surface area contributed by atoms with Crippen LogP contribution in [0.5, 0.6) is 5.75 Å². The first-order chi connectivity index (χ1) is 14.4. The fourth-order valence-electron chi connectivity index (χ4n) is 2.43. The van der Waals surface area contributed by atoms with Crippen LogP contribution in [0.4, 0.5) is 0 Å². The molecule has 0 saturated heterocycles. The molecule has 3 rings (SSSR count). The molecule has 0 aliphatic heterocycles. The fraction of sp³-hybridized carbons (Fsp3) is 0.150. The van der Waals surface area contributed by atoms with E-state index in [1.807, 2.05) is 43.3 Å². The van der Waals surface area contributed by atoms with Crippen LogP contribution < -0.4 is 4.74 Å². The predicted molar refractivity (Wildman–Crippen MR) is 135 cm³/mol. The van der Waals surface area contributed by atoms with Gasteiger partial charge in [0.2, 0.25) is 5.16 Å². The second-order valence-electron chi connectivity index (χ2n) is 6.03. The van der Waals surface area contributed by atoms with E-state index >= 15 is 0 Å². The van der Waals surface area contributed by atoms with E-state index in [-0.39, 0.29) is 4.91 Å². The number of thioether (sulfide) groups is 1. The Morgan fingerprint density at radius 1 is 1.30 bits per heavy atom. The third kappa shape index (κ3) is 6.11. The summed E-state index contributed by atoms with van der Waals surface area (Å²) >= 11 is 11.6. The molecular weight excluding hydrogens is 652 g/mol. The molecule has 1 heterocycles. The van der Waals surface area contributed by atoms with Gasteiger partial charge >= 0.3 is 5.97 Å². The number of nitrogens with zero attached hydrogens (tertiary/aromatic N) is 2. The van der Waals surface area contributed by atoms with E-state index in [0.29, 0.717) is 29.0 Å². The number of aliphatic carboxylic acids is 1. The Labute approximate surface area is 210 Å². The average molecular weight is 668 g/mol. The lowest BCUT2D eigenvalue weighted by atomic mass is 10.2. The number of ether oxygens (including phenoxy) is 1. The highest BCUT2D eigenvalue weighted by atomic mass is 127. The van der Waals surface area contributed by atoms with E-state index in [1.165, 1.54) is 0 Å². The molecule has 2 N–H and O–H groups in total. The van der Waals surface area contributed by atoms with Gasteiger partial charge in [0.05, 0.1) is 7.14 Å². The second-order valence-corrected chi connectivity index (χ2v) is 9.77. The number of H-pyrrole nitrogens is 1. The Hall–Kier alpha value is -1.31. The third-order valence-corrected chi connectivity index (χ3v) is 6.76. The maximum Gasteiger partial charge on any atom is 0.342 e. The highest BCUT2D eigenvalue weighted by molar-refractivity contribution is 14.1. The quantitative estimate of drug-likeness (QED) is 0.174. The molecule has 3 aromatic rings. The first kappa shape index (κ1) is 23.4. The Morgan fingerprint density at radius 2 is 2.00 bits per heavy atom. The van der Waals surface area contributed by atoms with E-state index < -0.39 is 5.97 Å². The van der Waals surface area contributed by atoms with Gasteiger partial charge in [-0.3, -0.25) is 5.10 Å². The van der Waals surface area contributed by atoms with Gasteiger partial charge in [-0.2, -0.15) is 0 Å². The van der Waals surface area contributed by atoms with Gasteiger partial charge in [0.25, 0.3) is 0 Å². The number of carboxylic acid groups (broad SMARTS) is 1. The zero-order chi connectivity index (χ0) is 21.7. The van der Waals surface area contributed by atoms with E-state index in [0.717, 1.165) is 35.8 Å². The molecule has 0 aliphatic carbocycles. The number of hydrogen-bond acceptors (Lipinski definition) is 5. The second kappa shape index (κ2) is 10.8. The molecule has 10 heteroatoms. The van der Waals surface area contributed by atoms with Crippen molar-refractivity contribution in [3.8, 4) is 5.75 Å². The summed E-state index contributed by atoms with van der Waals surface area (Å²) < 4.78 is 7.73. The molecular formula is C20H16ClI2N3O3S. The molecule has 0 unspecified atom stereocenters. The van der Waals surface area contributed by atoms with Crippen molar-refractivity contribution in [2.45, 2.75) is 25.1 Å². The zero-order valence-corrected chi connectivity index (χ0v) is 21.5. The molecule has 0 bridgehead atoms. The van der Waals surface area contributed by atoms with E-state index in [1.54, 1.807) is 6.08 Å². The molecule has 0 fully saturated rings. The molecule has 0 aliphatic rings. The number of carboxylic acids is 1. The smallest absolute Gasteiger partial charge is 0.342 e. The Morgan fingerprint density at radius 3 is 2.60 bits per heavy atom. The molecule has 0 saturated carbocycles. The van der Waals surface area contributed by atoms with Crippen LogP contribution >= 0.6 is 68.5 Å². The summed E-state index contributed by atoms with van der Waals surface area (Å²) in [4.78, 5) is 16.1. The highest BCUT2D eigenvalue weighted by Gasteiger charge is 2.15. The van der Waals surface area contributed by atoms with Crippen LogP contribution in [0, 0.1) is 7.14 Å². The van der Waals surface area contributed by atoms with E-state index in [9.17, 15) is 9.90 Å². The minimum absolute atomic E-state index is 0.132. The van der Waals surface area contributed by atoms with Crippen molar-refractivity contribution in [1.82, 2.24) is 15.2 Å². The van der Waals surface area contributed by atoms with Gasteiger partial charge in [-0.15, -0.1) is 5.10 Å². The van der Waals surface area contributed by atoms with Crippen molar-refractivity contribution in [3.63, 3.8) is 0 Å². The van der Waals surface area contributed by atoms with E-state index in [4.69, 9.17) is 16.3 Å². The largest absolute Gasteiger partial charge is 0.487 e. The van der Waals surface area contributed by atoms with Crippen LogP contribution in [0.3, 0.4) is 0 Å². The lowest BCUT2D eigenvalue weighted by molar-refractivity contribution is -0.131. The monoisotopic (exact) mass is 667 g/mol. The zero-order valence-electron chi connectivity index (χ0n) is 15.7. The maximum atomic E-state index is 11.7. The number of halogens is 3. The van der Waals surface area contributed by atoms with Gasteiger partial charge < -0.3 is 9.84 Å². The highest BCUT2D eigenvalue weighted by Crippen LogP contribution is 2.33. The first-order valence-corrected chi connectivity index (χ1v) is 12.1. The summed E-state index contributed by atoms with van der Waals surface area (Å²) in [7, 11) is 0. The molecule has 2 aromatic carbocycles. The van der Waals surface area contributed by atoms with Gasteiger partial charge in [-0.25, -0.2) is 9.78 Å². The molecule has 156 valence electrons. The average Bonchev–Trinajstić information content (AvgIpc) is 3.16. The molecule has 0 spiro atoms. The standard InChI is InChI=1S/C20H16ClI2N3O3S/c1-2-17-24-20(26-25-17)30-16(19(27)28)9-11-7-14(22)18(15(23)8-11)29-10-12-5-3-4-6-13(12)21/h3-9H,2,10H2,1H3,(H,27,28)(H,24,25,26)/b16-9-. The van der Waals surface area contributed by atoms with Crippen molar-refractivity contribution < 1.29 is 14.6 Å². The molecule has 0 amide bonds. The van der Waals surface area contributed by atoms with Gasteiger partial charge in [-0.05, 0) is 86.8 Å². The first-order valence-electron chi connectivity index (χ1n) is 8.76. The van der Waals surface area contributed by atoms with Gasteiger partial charge in [0, 0.05) is 17.0 Å². The summed E-state index contributed by atoms with van der Waals surface area (Å²) in [5, 5.41) is 17.5. The van der Waals surface area contributed by atoms with Crippen LogP contribution in [0.25, 0.3) is 6.08 Å². The number of hydrogen-bond donors (Lipinski definition) is 2. The maximum absolute atomic E-state index is 11.7. The summed E-state index contributed by atoms with van der Waals surface area (Å²) in [6, 6.07) is 11.3. The summed E-state index contributed by atoms with van der Waals surface area (Å²) in [6.07, 6.45) is 2.31. The summed E-state index contributed by atoms with van der Waals surface area (Å²) in [6.45, 7) is 2.30. The van der Waals surface area contributed by atoms with Crippen molar-refractivity contribution in [2.24, 2.45) is 0 Å². The van der Waals surface area contributed by atoms with E-state index in [2.05, 4.69) is 60.4 Å². The van der Waals surface area contributed by atoms with Gasteiger partial charge in [0.1, 0.15) is 23.1 Å². The number of benzene rings is 2. The molecule has 1 aromatic heterocycles. The minimum Gasteiger partial charge on any atom is -0.487 e. The number of nitrogens with one attached hydrogen (secondary N) is 1. The third-order valence-electron chi connectivity index (χ3n) is 3.91. The fourth-order valence-corrected chi connectivity index (χ4v) is 5.48. The minimum atomic E-state index is -1.04. The Balaban J connectivity index is 1.81. The predicted octanol–water partition coefficient (Wildman–Crippen LogP) is 6.03. The summed E-state index contributed by atoms with van der Waals surface area (Å²) in [5.41, 5.74) is 1.65. The molecule has 0 atom stereocenters. The van der Waals surface area contributed by atoms with Crippen LogP contribution in [0.15, 0.2) is 46.5 Å². The van der Waals surface area contributed by atoms with Gasteiger partial charge in [-0.1, -0.05) is 36.7 Å². The van der Waals surface area contributed by atoms with Crippen LogP contribution in [0.1, 0.15) is 23.9 Å². The van der Waals surface area contributed by atoms with Crippen molar-refractivity contribution >= 4 is 80.6 Å². The van der Waals surface area contributed by atoms with Crippen LogP contribution in [-0.2, 0) is 17.8 Å². The number of rotatable bonds is 8. The number of aryl methyl sites for hydroxylation is 1. The number of aromatic nitrogens is 3. The number of aromatic amines is 1. The lowest BCUT2D eigenvalue weighted by Gasteiger charge is -2.12. The molecule has 6 nitrogen and oxygen atoms in total. The SMILES string of the molecule is CCc1nc(S/C(=C\c2cc(I)c(OCc3ccccc3Cl)c(I)c2)C(=O)O)n[nH]1. The lowest BCUT2D eigenvalue weighted by Crippen LogP contribution is -2.01. The normalized spacial score (nSPS) is 11.5. The summed E-state index contributed by atoms with van der Waals surface area (Å²) in [5.74, 6) is 0.414. The van der Waals surface area contributed by atoms with Crippen LogP contribution in [-0.4, -0.2) is 26.3 Å². The van der Waals surface area contributed by atoms with Gasteiger partial charge in [0.15, 0.2) is 0 Å². The molecule has 30 heavy (non-hydrogen) atoms. The number of carbonyl (C=O) groups is 1. The van der Waals surface area contributed by atoms with Crippen molar-refractivity contribution in [2.75, 3.05) is 0 Å². The topological polar surface area (TPSA) is 88.1 Å². The molecule has 0 radical (unpaired) electrons. The van der Waals surface area contributed by atoms with Crippen LogP contribution in [0.2, 0.25) is 5.02 Å². The van der Waals surface area contributed by atoms with Crippen molar-refractivity contribution in [1.29, 1.82) is 0 Å². The Bertz CT molecular complexity index is 1080.